The molecule has 0 aliphatic carbocycles. The standard InChI is InChI=1S/C18H20FN3O2/c1-13-5-6-20-17(16(13)18(23)24)22-9-7-21(8-10-22)12-14-3-2-4-15(19)11-14/h2-6,11H,7-10,12H2,1H3,(H,23,24). The van der Waals surface area contributed by atoms with Gasteiger partial charge in [0.15, 0.2) is 0 Å². The van der Waals surface area contributed by atoms with E-state index in [-0.39, 0.29) is 11.4 Å². The summed E-state index contributed by atoms with van der Waals surface area (Å²) in [5.74, 6) is -0.633. The van der Waals surface area contributed by atoms with Crippen molar-refractivity contribution < 1.29 is 14.3 Å². The smallest absolute Gasteiger partial charge is 0.339 e. The number of nitrogens with zero attached hydrogens (tertiary/aromatic N) is 3. The van der Waals surface area contributed by atoms with Gasteiger partial charge in [-0.1, -0.05) is 12.1 Å². The molecule has 0 unspecified atom stereocenters. The van der Waals surface area contributed by atoms with Crippen LogP contribution in [0.5, 0.6) is 0 Å². The second-order valence-corrected chi connectivity index (χ2v) is 6.02. The van der Waals surface area contributed by atoms with Crippen LogP contribution in [-0.4, -0.2) is 47.1 Å². The van der Waals surface area contributed by atoms with E-state index >= 15 is 0 Å². The third-order valence-electron chi connectivity index (χ3n) is 4.32. The number of carbonyl (C=O) groups is 1. The predicted octanol–water partition coefficient (Wildman–Crippen LogP) is 2.55. The quantitative estimate of drug-likeness (QED) is 0.934. The first-order valence-electron chi connectivity index (χ1n) is 7.95. The van der Waals surface area contributed by atoms with E-state index in [9.17, 15) is 14.3 Å². The number of benzene rings is 1. The Hall–Kier alpha value is -2.47. The molecular weight excluding hydrogens is 309 g/mol. The van der Waals surface area contributed by atoms with Crippen LogP contribution in [0.3, 0.4) is 0 Å². The lowest BCUT2D eigenvalue weighted by atomic mass is 10.1. The molecule has 24 heavy (non-hydrogen) atoms. The van der Waals surface area contributed by atoms with Gasteiger partial charge in [0, 0.05) is 38.9 Å². The molecule has 1 saturated heterocycles. The van der Waals surface area contributed by atoms with Gasteiger partial charge in [0.05, 0.1) is 0 Å². The summed E-state index contributed by atoms with van der Waals surface area (Å²) in [6, 6.07) is 8.35. The summed E-state index contributed by atoms with van der Waals surface area (Å²) < 4.78 is 13.3. The van der Waals surface area contributed by atoms with Crippen LogP contribution in [-0.2, 0) is 6.54 Å². The Bertz CT molecular complexity index is 743. The van der Waals surface area contributed by atoms with Crippen LogP contribution in [0.1, 0.15) is 21.5 Å². The molecule has 2 aromatic rings. The Morgan fingerprint density at radius 2 is 2.00 bits per heavy atom. The van der Waals surface area contributed by atoms with E-state index in [4.69, 9.17) is 0 Å². The number of aromatic nitrogens is 1. The number of aromatic carboxylic acids is 1. The SMILES string of the molecule is Cc1ccnc(N2CCN(Cc3cccc(F)c3)CC2)c1C(=O)O. The van der Waals surface area contributed by atoms with Crippen molar-refractivity contribution in [3.05, 3.63) is 59.0 Å². The highest BCUT2D eigenvalue weighted by Crippen LogP contribution is 2.22. The average molecular weight is 329 g/mol. The third kappa shape index (κ3) is 3.54. The van der Waals surface area contributed by atoms with Crippen LogP contribution in [0.4, 0.5) is 10.2 Å². The van der Waals surface area contributed by atoms with Crippen molar-refractivity contribution in [1.29, 1.82) is 0 Å². The number of hydrogen-bond donors (Lipinski definition) is 1. The van der Waals surface area contributed by atoms with Crippen molar-refractivity contribution in [2.75, 3.05) is 31.1 Å². The summed E-state index contributed by atoms with van der Waals surface area (Å²) in [5.41, 5.74) is 1.94. The zero-order valence-corrected chi connectivity index (χ0v) is 13.6. The molecule has 6 heteroatoms. The monoisotopic (exact) mass is 329 g/mol. The number of halogens is 1. The van der Waals surface area contributed by atoms with Crippen LogP contribution < -0.4 is 4.90 Å². The van der Waals surface area contributed by atoms with E-state index in [1.807, 2.05) is 11.0 Å². The zero-order chi connectivity index (χ0) is 17.1. The van der Waals surface area contributed by atoms with Gasteiger partial charge in [-0.25, -0.2) is 14.2 Å². The molecule has 0 spiro atoms. The first-order chi connectivity index (χ1) is 11.5. The molecule has 0 radical (unpaired) electrons. The number of carboxylic acid groups (broad SMARTS) is 1. The molecule has 126 valence electrons. The molecule has 1 aromatic carbocycles. The summed E-state index contributed by atoms with van der Waals surface area (Å²) in [6.45, 7) is 5.45. The van der Waals surface area contributed by atoms with Gasteiger partial charge in [-0.15, -0.1) is 0 Å². The number of hydrogen-bond acceptors (Lipinski definition) is 4. The van der Waals surface area contributed by atoms with Crippen molar-refractivity contribution in [2.45, 2.75) is 13.5 Å². The first kappa shape index (κ1) is 16.4. The minimum Gasteiger partial charge on any atom is -0.478 e. The number of carboxylic acids is 1. The van der Waals surface area contributed by atoms with Crippen LogP contribution in [0, 0.1) is 12.7 Å². The molecule has 0 atom stereocenters. The molecule has 0 saturated carbocycles. The van der Waals surface area contributed by atoms with Crippen molar-refractivity contribution in [3.63, 3.8) is 0 Å². The number of rotatable bonds is 4. The van der Waals surface area contributed by atoms with Crippen molar-refractivity contribution in [1.82, 2.24) is 9.88 Å². The summed E-state index contributed by atoms with van der Waals surface area (Å²) in [5, 5.41) is 9.44. The second-order valence-electron chi connectivity index (χ2n) is 6.02. The fraction of sp³-hybridized carbons (Fsp3) is 0.333. The number of anilines is 1. The summed E-state index contributed by atoms with van der Waals surface area (Å²) in [7, 11) is 0. The van der Waals surface area contributed by atoms with Gasteiger partial charge < -0.3 is 10.0 Å². The largest absolute Gasteiger partial charge is 0.478 e. The molecule has 1 N–H and O–H groups in total. The summed E-state index contributed by atoms with van der Waals surface area (Å²) in [4.78, 5) is 20.0. The van der Waals surface area contributed by atoms with Crippen LogP contribution >= 0.6 is 0 Å². The highest BCUT2D eigenvalue weighted by molar-refractivity contribution is 5.95. The number of piperazine rings is 1. The Kier molecular flexibility index (Phi) is 4.76. The number of aryl methyl sites for hydroxylation is 1. The zero-order valence-electron chi connectivity index (χ0n) is 13.6. The van der Waals surface area contributed by atoms with E-state index in [0.29, 0.717) is 25.5 Å². The minimum atomic E-state index is -0.946. The lowest BCUT2D eigenvalue weighted by molar-refractivity contribution is 0.0696. The van der Waals surface area contributed by atoms with Crippen LogP contribution in [0.15, 0.2) is 36.5 Å². The molecule has 1 aromatic heterocycles. The van der Waals surface area contributed by atoms with E-state index in [2.05, 4.69) is 9.88 Å². The second kappa shape index (κ2) is 6.97. The Labute approximate surface area is 140 Å². The third-order valence-corrected chi connectivity index (χ3v) is 4.32. The average Bonchev–Trinajstić information content (AvgIpc) is 2.55. The fourth-order valence-corrected chi connectivity index (χ4v) is 3.06. The van der Waals surface area contributed by atoms with Gasteiger partial charge in [0.2, 0.25) is 0 Å². The first-order valence-corrected chi connectivity index (χ1v) is 7.95. The molecule has 5 nitrogen and oxygen atoms in total. The van der Waals surface area contributed by atoms with Crippen molar-refractivity contribution in [2.24, 2.45) is 0 Å². The molecule has 0 amide bonds. The van der Waals surface area contributed by atoms with Gasteiger partial charge in [0.1, 0.15) is 17.2 Å². The normalized spacial score (nSPS) is 15.5. The van der Waals surface area contributed by atoms with Crippen molar-refractivity contribution >= 4 is 11.8 Å². The van der Waals surface area contributed by atoms with E-state index in [1.165, 1.54) is 6.07 Å². The van der Waals surface area contributed by atoms with Crippen molar-refractivity contribution in [3.8, 4) is 0 Å². The van der Waals surface area contributed by atoms with Gasteiger partial charge >= 0.3 is 5.97 Å². The Morgan fingerprint density at radius 1 is 1.25 bits per heavy atom. The van der Waals surface area contributed by atoms with E-state index < -0.39 is 5.97 Å². The predicted molar refractivity (Wildman–Crippen MR) is 89.8 cm³/mol. The molecule has 1 aliphatic rings. The molecule has 1 fully saturated rings. The molecule has 2 heterocycles. The summed E-state index contributed by atoms with van der Waals surface area (Å²) in [6.07, 6.45) is 1.65. The Balaban J connectivity index is 1.67. The maximum atomic E-state index is 13.3. The summed E-state index contributed by atoms with van der Waals surface area (Å²) >= 11 is 0. The minimum absolute atomic E-state index is 0.221. The maximum Gasteiger partial charge on any atom is 0.339 e. The highest BCUT2D eigenvalue weighted by Gasteiger charge is 2.23. The molecule has 3 rings (SSSR count). The molecule has 1 aliphatic heterocycles. The topological polar surface area (TPSA) is 56.7 Å². The van der Waals surface area contributed by atoms with E-state index in [0.717, 1.165) is 24.2 Å². The molecular formula is C18H20FN3O2. The van der Waals surface area contributed by atoms with Gasteiger partial charge in [-0.3, -0.25) is 4.90 Å². The van der Waals surface area contributed by atoms with Gasteiger partial charge in [-0.05, 0) is 36.2 Å². The lowest BCUT2D eigenvalue weighted by Gasteiger charge is -2.36. The van der Waals surface area contributed by atoms with E-state index in [1.54, 1.807) is 31.3 Å². The fourth-order valence-electron chi connectivity index (χ4n) is 3.06. The van der Waals surface area contributed by atoms with Crippen LogP contribution in [0.25, 0.3) is 0 Å². The van der Waals surface area contributed by atoms with Gasteiger partial charge in [0.25, 0.3) is 0 Å². The highest BCUT2D eigenvalue weighted by atomic mass is 19.1. The molecule has 0 bridgehead atoms. The Morgan fingerprint density at radius 3 is 2.67 bits per heavy atom. The number of pyridine rings is 1. The lowest BCUT2D eigenvalue weighted by Crippen LogP contribution is -2.46. The van der Waals surface area contributed by atoms with Gasteiger partial charge in [-0.2, -0.15) is 0 Å². The maximum absolute atomic E-state index is 13.3. The van der Waals surface area contributed by atoms with Crippen LogP contribution in [0.2, 0.25) is 0 Å².